The van der Waals surface area contributed by atoms with Crippen LogP contribution in [0.5, 0.6) is 11.5 Å². The Bertz CT molecular complexity index is 1080. The normalized spacial score (nSPS) is 15.0. The van der Waals surface area contributed by atoms with Gasteiger partial charge in [-0.2, -0.15) is 0 Å². The zero-order valence-electron chi connectivity index (χ0n) is 18.9. The van der Waals surface area contributed by atoms with Crippen LogP contribution in [0.2, 0.25) is 0 Å². The molecule has 0 unspecified atom stereocenters. The van der Waals surface area contributed by atoms with Gasteiger partial charge in [0.1, 0.15) is 6.33 Å². The van der Waals surface area contributed by atoms with Crippen molar-refractivity contribution in [1.29, 1.82) is 0 Å². The number of nitrogens with zero attached hydrogens (tertiary/aromatic N) is 3. The number of carbonyl (C=O) groups is 1. The van der Waals surface area contributed by atoms with Crippen molar-refractivity contribution in [3.8, 4) is 22.8 Å². The smallest absolute Gasteiger partial charge is 0.221 e. The molecule has 0 radical (unpaired) electrons. The number of benzene rings is 2. The van der Waals surface area contributed by atoms with E-state index in [0.717, 1.165) is 60.3 Å². The molecule has 1 saturated heterocycles. The summed E-state index contributed by atoms with van der Waals surface area (Å²) < 4.78 is 11.8. The summed E-state index contributed by atoms with van der Waals surface area (Å²) in [4.78, 5) is 22.7. The molecule has 0 atom stereocenters. The van der Waals surface area contributed by atoms with Gasteiger partial charge in [0.05, 0.1) is 24.9 Å². The van der Waals surface area contributed by atoms with Crippen LogP contribution >= 0.6 is 0 Å². The zero-order chi connectivity index (χ0) is 22.5. The maximum atomic E-state index is 11.3. The minimum atomic E-state index is -0.0987. The predicted octanol–water partition coefficient (Wildman–Crippen LogP) is 4.37. The van der Waals surface area contributed by atoms with Crippen LogP contribution in [0.25, 0.3) is 22.2 Å². The van der Waals surface area contributed by atoms with Gasteiger partial charge in [0, 0.05) is 29.6 Å². The largest absolute Gasteiger partial charge is 0.493 e. The van der Waals surface area contributed by atoms with Gasteiger partial charge in [-0.3, -0.25) is 4.79 Å². The summed E-state index contributed by atoms with van der Waals surface area (Å²) in [5.74, 6) is 1.85. The van der Waals surface area contributed by atoms with E-state index in [1.807, 2.05) is 36.4 Å². The molecule has 4 rings (SSSR count). The molecule has 1 aliphatic heterocycles. The monoisotopic (exact) mass is 434 g/mol. The average Bonchev–Trinajstić information content (AvgIpc) is 2.82. The van der Waals surface area contributed by atoms with Crippen LogP contribution in [0.4, 0.5) is 5.69 Å². The van der Waals surface area contributed by atoms with E-state index in [9.17, 15) is 4.79 Å². The Hall–Kier alpha value is -3.19. The quantitative estimate of drug-likeness (QED) is 0.595. The number of rotatable bonds is 7. The lowest BCUT2D eigenvalue weighted by Gasteiger charge is -2.30. The van der Waals surface area contributed by atoms with Gasteiger partial charge in [-0.05, 0) is 56.6 Å². The molecule has 1 amide bonds. The number of amides is 1. The molecule has 7 nitrogen and oxygen atoms in total. The van der Waals surface area contributed by atoms with Crippen molar-refractivity contribution >= 4 is 22.5 Å². The molecule has 0 bridgehead atoms. The zero-order valence-corrected chi connectivity index (χ0v) is 18.9. The molecule has 1 aromatic heterocycles. The third-order valence-electron chi connectivity index (χ3n) is 6.03. The van der Waals surface area contributed by atoms with Gasteiger partial charge in [-0.15, -0.1) is 0 Å². The number of hydrogen-bond donors (Lipinski definition) is 1. The molecular formula is C25H30N4O3. The maximum absolute atomic E-state index is 11.3. The summed E-state index contributed by atoms with van der Waals surface area (Å²) >= 11 is 0. The first-order valence-corrected chi connectivity index (χ1v) is 11.1. The topological polar surface area (TPSA) is 76.6 Å². The predicted molar refractivity (Wildman–Crippen MR) is 126 cm³/mol. The minimum Gasteiger partial charge on any atom is -0.493 e. The van der Waals surface area contributed by atoms with Crippen LogP contribution in [0.15, 0.2) is 42.7 Å². The standard InChI is InChI=1S/C25H30N4O3/c1-4-29-11-9-18(10-12-29)15-32-24-14-22-21(13-23(24)31-3)25(27-16-26-22)19-5-7-20(8-6-19)28-17(2)30/h5-8,13-14,16,18H,4,9-12,15H2,1-3H3,(H,28,30). The van der Waals surface area contributed by atoms with Crippen molar-refractivity contribution in [3.05, 3.63) is 42.7 Å². The van der Waals surface area contributed by atoms with Crippen molar-refractivity contribution in [2.24, 2.45) is 5.92 Å². The van der Waals surface area contributed by atoms with Gasteiger partial charge < -0.3 is 19.7 Å². The second-order valence-corrected chi connectivity index (χ2v) is 8.19. The number of likely N-dealkylation sites (tertiary alicyclic amines) is 1. The van der Waals surface area contributed by atoms with Crippen LogP contribution in [0.3, 0.4) is 0 Å². The fourth-order valence-corrected chi connectivity index (χ4v) is 4.16. The highest BCUT2D eigenvalue weighted by atomic mass is 16.5. The van der Waals surface area contributed by atoms with Gasteiger partial charge in [-0.25, -0.2) is 9.97 Å². The number of fused-ring (bicyclic) bond motifs is 1. The number of aromatic nitrogens is 2. The van der Waals surface area contributed by atoms with Crippen LogP contribution in [0, 0.1) is 5.92 Å². The first-order valence-electron chi connectivity index (χ1n) is 11.1. The molecule has 1 N–H and O–H groups in total. The van der Waals surface area contributed by atoms with Crippen molar-refractivity contribution < 1.29 is 14.3 Å². The number of carbonyl (C=O) groups excluding carboxylic acids is 1. The molecule has 0 spiro atoms. The molecular weight excluding hydrogens is 404 g/mol. The van der Waals surface area contributed by atoms with Crippen LogP contribution < -0.4 is 14.8 Å². The van der Waals surface area contributed by atoms with Crippen molar-refractivity contribution in [2.75, 3.05) is 38.7 Å². The molecule has 0 aliphatic carbocycles. The van der Waals surface area contributed by atoms with Gasteiger partial charge in [0.2, 0.25) is 5.91 Å². The SMILES string of the molecule is CCN1CCC(COc2cc3ncnc(-c4ccc(NC(C)=O)cc4)c3cc2OC)CC1. The molecule has 2 heterocycles. The Morgan fingerprint density at radius 1 is 1.12 bits per heavy atom. The number of ether oxygens (including phenoxy) is 2. The molecule has 0 saturated carbocycles. The number of nitrogens with one attached hydrogen (secondary N) is 1. The van der Waals surface area contributed by atoms with E-state index >= 15 is 0 Å². The fourth-order valence-electron chi connectivity index (χ4n) is 4.16. The van der Waals surface area contributed by atoms with Crippen molar-refractivity contribution in [2.45, 2.75) is 26.7 Å². The highest BCUT2D eigenvalue weighted by molar-refractivity contribution is 5.95. The highest BCUT2D eigenvalue weighted by Crippen LogP contribution is 2.36. The lowest BCUT2D eigenvalue weighted by Crippen LogP contribution is -2.35. The molecule has 1 aliphatic rings. The second kappa shape index (κ2) is 9.96. The van der Waals surface area contributed by atoms with E-state index in [1.54, 1.807) is 13.4 Å². The minimum absolute atomic E-state index is 0.0987. The first-order chi connectivity index (χ1) is 15.6. The summed E-state index contributed by atoms with van der Waals surface area (Å²) in [5.41, 5.74) is 3.29. The van der Waals surface area contributed by atoms with Crippen molar-refractivity contribution in [1.82, 2.24) is 14.9 Å². The van der Waals surface area contributed by atoms with Gasteiger partial charge in [0.25, 0.3) is 0 Å². The van der Waals surface area contributed by atoms with E-state index in [-0.39, 0.29) is 5.91 Å². The Morgan fingerprint density at radius 3 is 2.53 bits per heavy atom. The van der Waals surface area contributed by atoms with E-state index in [2.05, 4.69) is 27.1 Å². The molecule has 3 aromatic rings. The molecule has 7 heteroatoms. The van der Waals surface area contributed by atoms with E-state index < -0.39 is 0 Å². The van der Waals surface area contributed by atoms with Crippen LogP contribution in [0.1, 0.15) is 26.7 Å². The lowest BCUT2D eigenvalue weighted by molar-refractivity contribution is -0.114. The van der Waals surface area contributed by atoms with E-state index in [4.69, 9.17) is 9.47 Å². The third-order valence-corrected chi connectivity index (χ3v) is 6.03. The number of hydrogen-bond acceptors (Lipinski definition) is 6. The molecule has 2 aromatic carbocycles. The Kier molecular flexibility index (Phi) is 6.85. The van der Waals surface area contributed by atoms with Gasteiger partial charge in [-0.1, -0.05) is 19.1 Å². The first kappa shape index (κ1) is 22.0. The average molecular weight is 435 g/mol. The van der Waals surface area contributed by atoms with Crippen LogP contribution in [-0.2, 0) is 4.79 Å². The third kappa shape index (κ3) is 4.99. The summed E-state index contributed by atoms with van der Waals surface area (Å²) in [7, 11) is 1.65. The van der Waals surface area contributed by atoms with Crippen molar-refractivity contribution in [3.63, 3.8) is 0 Å². The highest BCUT2D eigenvalue weighted by Gasteiger charge is 2.20. The van der Waals surface area contributed by atoms with E-state index in [0.29, 0.717) is 24.0 Å². The Labute approximate surface area is 188 Å². The summed E-state index contributed by atoms with van der Waals surface area (Å²) in [6.45, 7) is 7.77. The molecule has 1 fully saturated rings. The summed E-state index contributed by atoms with van der Waals surface area (Å²) in [6, 6.07) is 11.5. The fraction of sp³-hybridized carbons (Fsp3) is 0.400. The Balaban J connectivity index is 1.56. The summed E-state index contributed by atoms with van der Waals surface area (Å²) in [6.07, 6.45) is 3.88. The molecule has 168 valence electrons. The van der Waals surface area contributed by atoms with Crippen LogP contribution in [-0.4, -0.2) is 54.1 Å². The van der Waals surface area contributed by atoms with Gasteiger partial charge >= 0.3 is 0 Å². The summed E-state index contributed by atoms with van der Waals surface area (Å²) in [5, 5.41) is 3.67. The number of piperidine rings is 1. The number of anilines is 1. The van der Waals surface area contributed by atoms with E-state index in [1.165, 1.54) is 6.92 Å². The Morgan fingerprint density at radius 2 is 1.88 bits per heavy atom. The second-order valence-electron chi connectivity index (χ2n) is 8.19. The maximum Gasteiger partial charge on any atom is 0.221 e. The van der Waals surface area contributed by atoms with Gasteiger partial charge in [0.15, 0.2) is 11.5 Å². The number of methoxy groups -OCH3 is 1. The molecule has 32 heavy (non-hydrogen) atoms. The lowest BCUT2D eigenvalue weighted by atomic mass is 9.98.